The van der Waals surface area contributed by atoms with Crippen molar-refractivity contribution in [3.63, 3.8) is 0 Å². The van der Waals surface area contributed by atoms with E-state index in [0.717, 1.165) is 65.2 Å². The Balaban J connectivity index is 1.65. The van der Waals surface area contributed by atoms with Crippen LogP contribution in [0.25, 0.3) is 11.0 Å². The van der Waals surface area contributed by atoms with Gasteiger partial charge in [0.05, 0.1) is 41.1 Å². The van der Waals surface area contributed by atoms with Crippen molar-refractivity contribution in [3.05, 3.63) is 47.3 Å². The second kappa shape index (κ2) is 10.1. The summed E-state index contributed by atoms with van der Waals surface area (Å²) in [4.78, 5) is 40.6. The van der Waals surface area contributed by atoms with Crippen LogP contribution in [0.4, 0.5) is 10.5 Å². The standard InChI is InChI=1S/C28H35N5O4/c1-16(2)22-15-29-14-19(30-22)13-25-31-26-21-9-8-17(3)32(28(36)37-4)23(21)10-11-24(26)33(25)20-7-5-6-18(12-20)27(34)35/h10-11,14-18,20H,5-9,12-13H2,1-4H3,(H,34,35)/t17-,18+,20+/m0/s1. The average Bonchev–Trinajstić information content (AvgIpc) is 3.26. The Kier molecular flexibility index (Phi) is 6.88. The Morgan fingerprint density at radius 3 is 2.70 bits per heavy atom. The Hall–Kier alpha value is -3.49. The van der Waals surface area contributed by atoms with Crippen molar-refractivity contribution in [2.24, 2.45) is 5.92 Å². The molecule has 5 rings (SSSR count). The topological polar surface area (TPSA) is 110 Å². The average molecular weight is 506 g/mol. The molecule has 196 valence electrons. The summed E-state index contributed by atoms with van der Waals surface area (Å²) >= 11 is 0. The van der Waals surface area contributed by atoms with Gasteiger partial charge in [0.1, 0.15) is 5.82 Å². The predicted octanol–water partition coefficient (Wildman–Crippen LogP) is 5.26. The van der Waals surface area contributed by atoms with Crippen LogP contribution in [0.5, 0.6) is 0 Å². The van der Waals surface area contributed by atoms with Crippen molar-refractivity contribution in [2.45, 2.75) is 83.7 Å². The number of aromatic nitrogens is 4. The normalized spacial score (nSPS) is 21.8. The third kappa shape index (κ3) is 4.67. The van der Waals surface area contributed by atoms with Crippen molar-refractivity contribution >= 4 is 28.8 Å². The maximum atomic E-state index is 12.6. The largest absolute Gasteiger partial charge is 0.481 e. The molecule has 3 heterocycles. The zero-order valence-electron chi connectivity index (χ0n) is 22.0. The molecule has 0 spiro atoms. The summed E-state index contributed by atoms with van der Waals surface area (Å²) in [6.45, 7) is 6.22. The van der Waals surface area contributed by atoms with Gasteiger partial charge in [-0.1, -0.05) is 20.3 Å². The number of benzene rings is 1. The number of carbonyl (C=O) groups is 2. The Morgan fingerprint density at radius 2 is 1.97 bits per heavy atom. The number of aryl methyl sites for hydroxylation is 1. The van der Waals surface area contributed by atoms with Gasteiger partial charge < -0.3 is 14.4 Å². The number of nitrogens with zero attached hydrogens (tertiary/aromatic N) is 5. The molecule has 1 aromatic carbocycles. The monoisotopic (exact) mass is 505 g/mol. The van der Waals surface area contributed by atoms with Crippen LogP contribution in [-0.4, -0.2) is 49.8 Å². The van der Waals surface area contributed by atoms with E-state index in [1.807, 2.05) is 19.1 Å². The van der Waals surface area contributed by atoms with Crippen LogP contribution in [0, 0.1) is 5.92 Å². The van der Waals surface area contributed by atoms with Gasteiger partial charge in [-0.25, -0.2) is 9.78 Å². The number of carboxylic acid groups (broad SMARTS) is 1. The number of ether oxygens (including phenoxy) is 1. The zero-order chi connectivity index (χ0) is 26.3. The predicted molar refractivity (Wildman–Crippen MR) is 140 cm³/mol. The lowest BCUT2D eigenvalue weighted by atomic mass is 9.85. The first-order valence-electron chi connectivity index (χ1n) is 13.2. The van der Waals surface area contributed by atoms with Gasteiger partial charge in [-0.15, -0.1) is 0 Å². The number of carbonyl (C=O) groups excluding carboxylic acids is 1. The molecule has 2 aromatic heterocycles. The van der Waals surface area contributed by atoms with Gasteiger partial charge in [0, 0.05) is 36.5 Å². The van der Waals surface area contributed by atoms with E-state index < -0.39 is 5.97 Å². The number of amides is 1. The Bertz CT molecular complexity index is 1330. The van der Waals surface area contributed by atoms with Crippen LogP contribution in [0.15, 0.2) is 24.5 Å². The lowest BCUT2D eigenvalue weighted by molar-refractivity contribution is -0.143. The highest BCUT2D eigenvalue weighted by Crippen LogP contribution is 2.40. The molecule has 1 saturated carbocycles. The molecule has 9 heteroatoms. The summed E-state index contributed by atoms with van der Waals surface area (Å²) in [5.41, 5.74) is 5.50. The molecule has 1 aliphatic heterocycles. The highest BCUT2D eigenvalue weighted by molar-refractivity contribution is 5.95. The van der Waals surface area contributed by atoms with E-state index >= 15 is 0 Å². The molecule has 3 aromatic rings. The van der Waals surface area contributed by atoms with E-state index in [1.54, 1.807) is 17.3 Å². The first-order chi connectivity index (χ1) is 17.8. The fourth-order valence-corrected chi connectivity index (χ4v) is 5.93. The van der Waals surface area contributed by atoms with Crippen LogP contribution in [0.1, 0.15) is 87.6 Å². The number of methoxy groups -OCH3 is 1. The quantitative estimate of drug-likeness (QED) is 0.503. The van der Waals surface area contributed by atoms with Gasteiger partial charge in [-0.2, -0.15) is 0 Å². The van der Waals surface area contributed by atoms with Gasteiger partial charge in [0.15, 0.2) is 0 Å². The second-order valence-corrected chi connectivity index (χ2v) is 10.7. The number of carboxylic acids is 1. The summed E-state index contributed by atoms with van der Waals surface area (Å²) in [7, 11) is 1.41. The number of imidazole rings is 1. The van der Waals surface area contributed by atoms with Crippen LogP contribution < -0.4 is 4.90 Å². The number of hydrogen-bond donors (Lipinski definition) is 1. The summed E-state index contributed by atoms with van der Waals surface area (Å²) in [6.07, 6.45) is 8.39. The minimum absolute atomic E-state index is 0.0303. The second-order valence-electron chi connectivity index (χ2n) is 10.7. The van der Waals surface area contributed by atoms with Crippen LogP contribution in [0.3, 0.4) is 0 Å². The summed E-state index contributed by atoms with van der Waals surface area (Å²) in [6, 6.07) is 4.08. The molecular weight excluding hydrogens is 470 g/mol. The minimum Gasteiger partial charge on any atom is -0.481 e. The number of rotatable bonds is 5. The molecule has 1 aliphatic carbocycles. The highest BCUT2D eigenvalue weighted by atomic mass is 16.5. The third-order valence-electron chi connectivity index (χ3n) is 7.89. The number of anilines is 1. The molecule has 9 nitrogen and oxygen atoms in total. The highest BCUT2D eigenvalue weighted by Gasteiger charge is 2.34. The fourth-order valence-electron chi connectivity index (χ4n) is 5.93. The smallest absolute Gasteiger partial charge is 0.414 e. The lowest BCUT2D eigenvalue weighted by Gasteiger charge is -2.34. The van der Waals surface area contributed by atoms with Gasteiger partial charge in [-0.3, -0.25) is 19.7 Å². The van der Waals surface area contributed by atoms with E-state index in [9.17, 15) is 14.7 Å². The number of fused-ring (bicyclic) bond motifs is 3. The SMILES string of the molecule is COC(=O)N1c2ccc3c(nc(Cc4cncc(C(C)C)n4)n3[C@@H]3CCC[C@@H](C(=O)O)C3)c2CC[C@@H]1C. The van der Waals surface area contributed by atoms with Crippen LogP contribution in [-0.2, 0) is 22.4 Å². The van der Waals surface area contributed by atoms with E-state index in [2.05, 4.69) is 23.4 Å². The van der Waals surface area contributed by atoms with Crippen molar-refractivity contribution < 1.29 is 19.4 Å². The molecule has 1 fully saturated rings. The molecule has 0 radical (unpaired) electrons. The third-order valence-corrected chi connectivity index (χ3v) is 7.89. The van der Waals surface area contributed by atoms with Crippen molar-refractivity contribution in [1.82, 2.24) is 19.5 Å². The molecular formula is C28H35N5O4. The van der Waals surface area contributed by atoms with Crippen molar-refractivity contribution in [3.8, 4) is 0 Å². The molecule has 0 unspecified atom stereocenters. The maximum absolute atomic E-state index is 12.6. The molecule has 1 N–H and O–H groups in total. The first-order valence-corrected chi connectivity index (χ1v) is 13.2. The molecule has 2 aliphatic rings. The lowest BCUT2D eigenvalue weighted by Crippen LogP contribution is -2.42. The Morgan fingerprint density at radius 1 is 1.16 bits per heavy atom. The van der Waals surface area contributed by atoms with E-state index in [1.165, 1.54) is 7.11 Å². The molecule has 0 saturated heterocycles. The van der Waals surface area contributed by atoms with Crippen molar-refractivity contribution in [2.75, 3.05) is 12.0 Å². The summed E-state index contributed by atoms with van der Waals surface area (Å²) in [5.74, 6) is 0.0322. The van der Waals surface area contributed by atoms with Gasteiger partial charge in [-0.05, 0) is 57.1 Å². The van der Waals surface area contributed by atoms with Gasteiger partial charge in [0.25, 0.3) is 0 Å². The molecule has 0 bridgehead atoms. The van der Waals surface area contributed by atoms with E-state index in [4.69, 9.17) is 14.7 Å². The summed E-state index contributed by atoms with van der Waals surface area (Å²) < 4.78 is 7.33. The molecule has 37 heavy (non-hydrogen) atoms. The van der Waals surface area contributed by atoms with Gasteiger partial charge in [0.2, 0.25) is 0 Å². The van der Waals surface area contributed by atoms with Crippen LogP contribution in [0.2, 0.25) is 0 Å². The summed E-state index contributed by atoms with van der Waals surface area (Å²) in [5, 5.41) is 9.75. The number of hydrogen-bond acceptors (Lipinski definition) is 6. The maximum Gasteiger partial charge on any atom is 0.414 e. The molecule has 3 atom stereocenters. The Labute approximate surface area is 216 Å². The van der Waals surface area contributed by atoms with Crippen LogP contribution >= 0.6 is 0 Å². The fraction of sp³-hybridized carbons (Fsp3) is 0.536. The molecule has 1 amide bonds. The van der Waals surface area contributed by atoms with E-state index in [0.29, 0.717) is 19.3 Å². The minimum atomic E-state index is -0.730. The van der Waals surface area contributed by atoms with E-state index in [-0.39, 0.29) is 30.0 Å². The van der Waals surface area contributed by atoms with Gasteiger partial charge >= 0.3 is 12.1 Å². The number of aliphatic carboxylic acids is 1. The first kappa shape index (κ1) is 25.2. The zero-order valence-corrected chi connectivity index (χ0v) is 22.0. The van der Waals surface area contributed by atoms with Crippen molar-refractivity contribution in [1.29, 1.82) is 0 Å².